The monoisotopic (exact) mass is 478 g/mol. The Morgan fingerprint density at radius 2 is 1.29 bits per heavy atom. The van der Waals surface area contributed by atoms with Crippen LogP contribution in [0.15, 0.2) is 115 Å². The average molecular weight is 480 g/mol. The number of benzene rings is 2. The summed E-state index contributed by atoms with van der Waals surface area (Å²) < 4.78 is 1.67. The van der Waals surface area contributed by atoms with Crippen molar-refractivity contribution >= 4 is 8.78 Å². The Balaban J connectivity index is 0.000000334. The Morgan fingerprint density at radius 3 is 1.77 bits per heavy atom. The first-order valence-electron chi connectivity index (χ1n) is 11.2. The smallest absolute Gasteiger partial charge is 0.171 e. The van der Waals surface area contributed by atoms with Crippen molar-refractivity contribution in [1.82, 2.24) is 0 Å². The molecule has 3 aliphatic rings. The average Bonchev–Trinajstić information content (AvgIpc) is 3.55. The van der Waals surface area contributed by atoms with E-state index in [1.165, 1.54) is 36.8 Å². The molecule has 0 bridgehead atoms. The van der Waals surface area contributed by atoms with E-state index in [1.54, 1.807) is 38.9 Å². The van der Waals surface area contributed by atoms with Crippen molar-refractivity contribution in [3.8, 4) is 0 Å². The second-order valence-corrected chi connectivity index (χ2v) is 9.51. The Hall–Kier alpha value is -2.24. The van der Waals surface area contributed by atoms with Gasteiger partial charge in [-0.25, -0.2) is 0 Å². The predicted octanol–water partition coefficient (Wildman–Crippen LogP) is 7.28. The van der Waals surface area contributed by atoms with Gasteiger partial charge in [-0.1, -0.05) is 0 Å². The number of rotatable bonds is 4. The molecule has 5 rings (SSSR count). The molecule has 0 unspecified atom stereocenters. The standard InChI is InChI=1S/C24H23.C6H5.Zr/c1-3-11-19(12-4-1)23(20-13-5-2-6-14-20)24(21-15-7-8-16-21)22-17-9-10-18-22;1-2-4-6-5-3-1;/h1,3-4,7-12,15-18,21-22H,2,5-6,13H2;1-5H;/q2*-1;+2/b23-20-;;. The fourth-order valence-electron chi connectivity index (χ4n) is 4.48. The van der Waals surface area contributed by atoms with Crippen LogP contribution in [0.25, 0.3) is 5.57 Å². The molecule has 0 atom stereocenters. The fraction of sp³-hybridized carbons (Fsp3) is 0.200. The molecule has 0 spiro atoms. The molecule has 1 heteroatoms. The molecule has 0 radical (unpaired) electrons. The maximum Gasteiger partial charge on any atom is -0.171 e. The summed E-state index contributed by atoms with van der Waals surface area (Å²) in [6.07, 6.45) is 23.4. The minimum absolute atomic E-state index is 0.408. The van der Waals surface area contributed by atoms with Crippen molar-refractivity contribution < 1.29 is 24.2 Å². The molecular weight excluding hydrogens is 452 g/mol. The molecule has 2 aromatic rings. The van der Waals surface area contributed by atoms with Crippen LogP contribution >= 0.6 is 0 Å². The van der Waals surface area contributed by atoms with Crippen LogP contribution in [0.5, 0.6) is 0 Å². The van der Waals surface area contributed by atoms with Gasteiger partial charge in [-0.05, 0) is 0 Å². The normalized spacial score (nSPS) is 19.5. The zero-order chi connectivity index (χ0) is 21.3. The Morgan fingerprint density at radius 1 is 0.742 bits per heavy atom. The minimum Gasteiger partial charge on any atom is -0.184 e. The molecule has 31 heavy (non-hydrogen) atoms. The van der Waals surface area contributed by atoms with E-state index in [0.717, 1.165) is 0 Å². The van der Waals surface area contributed by atoms with Gasteiger partial charge < -0.3 is 0 Å². The summed E-state index contributed by atoms with van der Waals surface area (Å²) in [5, 5.41) is 0. The van der Waals surface area contributed by atoms with Gasteiger partial charge in [0.15, 0.2) is 0 Å². The Bertz CT molecular complexity index is 926. The van der Waals surface area contributed by atoms with Gasteiger partial charge in [0.2, 0.25) is 0 Å². The molecule has 1 saturated carbocycles. The summed E-state index contributed by atoms with van der Waals surface area (Å²) >= 11 is 1.59. The van der Waals surface area contributed by atoms with Gasteiger partial charge in [0.25, 0.3) is 0 Å². The van der Waals surface area contributed by atoms with E-state index in [9.17, 15) is 0 Å². The van der Waals surface area contributed by atoms with E-state index in [0.29, 0.717) is 11.8 Å². The fourth-order valence-corrected chi connectivity index (χ4v) is 5.53. The molecule has 0 saturated heterocycles. The third kappa shape index (κ3) is 5.72. The SMILES string of the molecule is [Zr+2]=[C]1CCCC/C1=C(\c1ccccc1)[C-](C1C=CC=C1)C1C=CC=C1.[c-]1ccccc1. The predicted molar refractivity (Wildman–Crippen MR) is 129 cm³/mol. The van der Waals surface area contributed by atoms with Crippen LogP contribution in [0.4, 0.5) is 0 Å². The van der Waals surface area contributed by atoms with E-state index in [-0.39, 0.29) is 0 Å². The van der Waals surface area contributed by atoms with Crippen molar-refractivity contribution in [3.05, 3.63) is 132 Å². The zero-order valence-corrected chi connectivity index (χ0v) is 20.3. The van der Waals surface area contributed by atoms with Crippen molar-refractivity contribution in [1.29, 1.82) is 0 Å². The molecule has 152 valence electrons. The first-order chi connectivity index (χ1) is 15.3. The molecule has 0 nitrogen and oxygen atoms in total. The van der Waals surface area contributed by atoms with Crippen LogP contribution in [0.1, 0.15) is 31.2 Å². The first kappa shape index (κ1) is 22.0. The third-order valence-electron chi connectivity index (χ3n) is 5.94. The van der Waals surface area contributed by atoms with Crippen LogP contribution in [0, 0.1) is 23.8 Å². The summed E-state index contributed by atoms with van der Waals surface area (Å²) in [7, 11) is 0. The second-order valence-electron chi connectivity index (χ2n) is 8.03. The summed E-state index contributed by atoms with van der Waals surface area (Å²) in [5.41, 5.74) is 4.54. The van der Waals surface area contributed by atoms with Crippen molar-refractivity contribution in [2.24, 2.45) is 11.8 Å². The maximum atomic E-state index is 2.89. The van der Waals surface area contributed by atoms with Gasteiger partial charge >= 0.3 is 167 Å². The van der Waals surface area contributed by atoms with Gasteiger partial charge in [-0.3, -0.25) is 0 Å². The van der Waals surface area contributed by atoms with Crippen LogP contribution in [0.2, 0.25) is 0 Å². The summed E-state index contributed by atoms with van der Waals surface area (Å²) in [6.45, 7) is 0. The van der Waals surface area contributed by atoms with Gasteiger partial charge in [0.05, 0.1) is 0 Å². The number of hydrogen-bond donors (Lipinski definition) is 0. The second kappa shape index (κ2) is 11.4. The topological polar surface area (TPSA) is 0 Å². The molecule has 2 aromatic carbocycles. The molecule has 0 aromatic heterocycles. The van der Waals surface area contributed by atoms with Crippen molar-refractivity contribution in [2.45, 2.75) is 25.7 Å². The van der Waals surface area contributed by atoms with E-state index < -0.39 is 0 Å². The minimum atomic E-state index is 0.408. The Labute approximate surface area is 202 Å². The van der Waals surface area contributed by atoms with Crippen molar-refractivity contribution in [3.63, 3.8) is 0 Å². The molecule has 0 N–H and O–H groups in total. The van der Waals surface area contributed by atoms with Crippen LogP contribution < -0.4 is 0 Å². The molecule has 0 aliphatic heterocycles. The van der Waals surface area contributed by atoms with Gasteiger partial charge in [0, 0.05) is 0 Å². The maximum absolute atomic E-state index is 2.89. The number of hydrogen-bond acceptors (Lipinski definition) is 0. The summed E-state index contributed by atoms with van der Waals surface area (Å²) in [5.74, 6) is 2.37. The zero-order valence-electron chi connectivity index (χ0n) is 17.9. The van der Waals surface area contributed by atoms with E-state index in [2.05, 4.69) is 85.0 Å². The van der Waals surface area contributed by atoms with E-state index >= 15 is 0 Å². The third-order valence-corrected chi connectivity index (χ3v) is 7.30. The molecule has 0 heterocycles. The van der Waals surface area contributed by atoms with E-state index in [4.69, 9.17) is 0 Å². The quantitative estimate of drug-likeness (QED) is 0.404. The Kier molecular flexibility index (Phi) is 8.08. The molecule has 1 fully saturated rings. The van der Waals surface area contributed by atoms with Crippen LogP contribution in [0.3, 0.4) is 0 Å². The van der Waals surface area contributed by atoms with Gasteiger partial charge in [0.1, 0.15) is 0 Å². The molecule has 0 amide bonds. The summed E-state index contributed by atoms with van der Waals surface area (Å²) in [6, 6.07) is 23.6. The van der Waals surface area contributed by atoms with Crippen molar-refractivity contribution in [2.75, 3.05) is 0 Å². The van der Waals surface area contributed by atoms with Gasteiger partial charge in [-0.15, -0.1) is 0 Å². The molecular formula is C30H28Zr. The summed E-state index contributed by atoms with van der Waals surface area (Å²) in [4.78, 5) is 0. The van der Waals surface area contributed by atoms with Gasteiger partial charge in [-0.2, -0.15) is 36.4 Å². The van der Waals surface area contributed by atoms with Crippen LogP contribution in [-0.2, 0) is 24.2 Å². The first-order valence-corrected chi connectivity index (χ1v) is 12.4. The largest absolute Gasteiger partial charge is 0.184 e. The van der Waals surface area contributed by atoms with Crippen LogP contribution in [-0.4, -0.2) is 3.21 Å². The number of allylic oxidation sites excluding steroid dienone is 10. The molecule has 3 aliphatic carbocycles. The van der Waals surface area contributed by atoms with E-state index in [1.807, 2.05) is 30.3 Å².